The lowest BCUT2D eigenvalue weighted by atomic mass is 10.2. The van der Waals surface area contributed by atoms with Gasteiger partial charge in [-0.25, -0.2) is 0 Å². The molecule has 3 heteroatoms. The van der Waals surface area contributed by atoms with E-state index in [1.54, 1.807) is 12.3 Å². The number of aromatic nitrogens is 2. The van der Waals surface area contributed by atoms with Gasteiger partial charge in [-0.1, -0.05) is 13.8 Å². The van der Waals surface area contributed by atoms with Crippen LogP contribution in [0.25, 0.3) is 10.9 Å². The number of phenols is 1. The Kier molecular flexibility index (Phi) is 2.90. The number of aromatic amines is 1. The van der Waals surface area contributed by atoms with E-state index in [0.717, 1.165) is 16.5 Å². The van der Waals surface area contributed by atoms with E-state index in [9.17, 15) is 5.11 Å². The molecule has 0 fully saturated rings. The van der Waals surface area contributed by atoms with E-state index in [-0.39, 0.29) is 0 Å². The first-order chi connectivity index (χ1) is 6.27. The third kappa shape index (κ3) is 1.80. The van der Waals surface area contributed by atoms with Gasteiger partial charge in [-0.05, 0) is 18.6 Å². The maximum atomic E-state index is 9.29. The summed E-state index contributed by atoms with van der Waals surface area (Å²) >= 11 is 0. The summed E-state index contributed by atoms with van der Waals surface area (Å²) in [6, 6.07) is 3.58. The zero-order chi connectivity index (χ0) is 9.84. The number of nitrogens with one attached hydrogen (secondary N) is 1. The average molecular weight is 178 g/mol. The Bertz CT molecular complexity index is 357. The lowest BCUT2D eigenvalue weighted by Gasteiger charge is -1.96. The van der Waals surface area contributed by atoms with Crippen LogP contribution in [0, 0.1) is 6.92 Å². The number of fused-ring (bicyclic) bond motifs is 1. The van der Waals surface area contributed by atoms with Crippen molar-refractivity contribution in [3.63, 3.8) is 0 Å². The number of rotatable bonds is 0. The summed E-state index contributed by atoms with van der Waals surface area (Å²) in [7, 11) is 0. The number of aryl methyl sites for hydroxylation is 1. The van der Waals surface area contributed by atoms with Crippen LogP contribution in [0.5, 0.6) is 5.75 Å². The molecule has 0 aliphatic rings. The standard InChI is InChI=1S/C8H8N2O.C2H6/c1-5-2-6-4-9-10-7(6)3-8(5)11;1-2/h2-4,11H,1H3,(H,9,10);1-2H3. The Morgan fingerprint density at radius 3 is 2.69 bits per heavy atom. The highest BCUT2D eigenvalue weighted by atomic mass is 16.3. The molecule has 3 nitrogen and oxygen atoms in total. The van der Waals surface area contributed by atoms with Crippen LogP contribution in [0.4, 0.5) is 0 Å². The van der Waals surface area contributed by atoms with Gasteiger partial charge in [-0.2, -0.15) is 5.10 Å². The molecule has 1 aromatic heterocycles. The van der Waals surface area contributed by atoms with Gasteiger partial charge in [0.25, 0.3) is 0 Å². The third-order valence-electron chi connectivity index (χ3n) is 1.76. The predicted octanol–water partition coefficient (Wildman–Crippen LogP) is 2.60. The lowest BCUT2D eigenvalue weighted by Crippen LogP contribution is -1.74. The molecule has 0 atom stereocenters. The van der Waals surface area contributed by atoms with Gasteiger partial charge in [-0.3, -0.25) is 5.10 Å². The molecular formula is C10H14N2O. The minimum absolute atomic E-state index is 0.307. The SMILES string of the molecule is CC.Cc1cc2cn[nH]c2cc1O. The lowest BCUT2D eigenvalue weighted by molar-refractivity contribution is 0.472. The predicted molar refractivity (Wildman–Crippen MR) is 53.8 cm³/mol. The number of phenolic OH excluding ortho intramolecular Hbond substituents is 1. The first-order valence-electron chi connectivity index (χ1n) is 4.40. The van der Waals surface area contributed by atoms with Crippen LogP contribution in [-0.4, -0.2) is 15.3 Å². The highest BCUT2D eigenvalue weighted by Gasteiger charge is 1.99. The summed E-state index contributed by atoms with van der Waals surface area (Å²) in [5.74, 6) is 0.307. The van der Waals surface area contributed by atoms with Gasteiger partial charge in [0, 0.05) is 11.5 Å². The first-order valence-corrected chi connectivity index (χ1v) is 4.40. The molecule has 0 saturated carbocycles. The van der Waals surface area contributed by atoms with E-state index in [4.69, 9.17) is 0 Å². The Labute approximate surface area is 77.4 Å². The Balaban J connectivity index is 0.000000396. The monoisotopic (exact) mass is 178 g/mol. The van der Waals surface area contributed by atoms with Crippen LogP contribution < -0.4 is 0 Å². The number of H-pyrrole nitrogens is 1. The van der Waals surface area contributed by atoms with Gasteiger partial charge in [0.05, 0.1) is 11.7 Å². The summed E-state index contributed by atoms with van der Waals surface area (Å²) < 4.78 is 0. The molecule has 0 aliphatic heterocycles. The molecule has 0 radical (unpaired) electrons. The summed E-state index contributed by atoms with van der Waals surface area (Å²) in [5, 5.41) is 16.9. The van der Waals surface area contributed by atoms with Crippen molar-refractivity contribution in [3.05, 3.63) is 23.9 Å². The normalized spacial score (nSPS) is 9.46. The molecule has 0 spiro atoms. The third-order valence-corrected chi connectivity index (χ3v) is 1.76. The van der Waals surface area contributed by atoms with E-state index < -0.39 is 0 Å². The molecule has 0 unspecified atom stereocenters. The van der Waals surface area contributed by atoms with Gasteiger partial charge in [0.1, 0.15) is 5.75 Å². The molecule has 1 heterocycles. The summed E-state index contributed by atoms with van der Waals surface area (Å²) in [4.78, 5) is 0. The smallest absolute Gasteiger partial charge is 0.120 e. The Hall–Kier alpha value is -1.51. The molecule has 70 valence electrons. The molecule has 1 aromatic carbocycles. The molecule has 13 heavy (non-hydrogen) atoms. The summed E-state index contributed by atoms with van der Waals surface area (Å²) in [5.41, 5.74) is 1.74. The van der Waals surface area contributed by atoms with E-state index >= 15 is 0 Å². The highest BCUT2D eigenvalue weighted by Crippen LogP contribution is 2.21. The minimum atomic E-state index is 0.307. The number of hydrogen-bond acceptors (Lipinski definition) is 2. The molecule has 0 bridgehead atoms. The largest absolute Gasteiger partial charge is 0.508 e. The molecule has 0 amide bonds. The van der Waals surface area contributed by atoms with Gasteiger partial charge in [0.15, 0.2) is 0 Å². The molecule has 0 aliphatic carbocycles. The summed E-state index contributed by atoms with van der Waals surface area (Å²) in [6.07, 6.45) is 1.74. The van der Waals surface area contributed by atoms with E-state index in [1.807, 2.05) is 26.8 Å². The van der Waals surface area contributed by atoms with Crippen LogP contribution in [0.1, 0.15) is 19.4 Å². The van der Waals surface area contributed by atoms with Crippen LogP contribution in [0.15, 0.2) is 18.3 Å². The van der Waals surface area contributed by atoms with Crippen molar-refractivity contribution in [1.82, 2.24) is 10.2 Å². The number of nitrogens with zero attached hydrogens (tertiary/aromatic N) is 1. The maximum absolute atomic E-state index is 9.29. The van der Waals surface area contributed by atoms with Crippen LogP contribution in [-0.2, 0) is 0 Å². The number of aromatic hydroxyl groups is 1. The minimum Gasteiger partial charge on any atom is -0.508 e. The van der Waals surface area contributed by atoms with Gasteiger partial charge >= 0.3 is 0 Å². The molecule has 0 saturated heterocycles. The van der Waals surface area contributed by atoms with Crippen molar-refractivity contribution in [3.8, 4) is 5.75 Å². The van der Waals surface area contributed by atoms with Crippen molar-refractivity contribution in [1.29, 1.82) is 0 Å². The fraction of sp³-hybridized carbons (Fsp3) is 0.300. The van der Waals surface area contributed by atoms with Crippen molar-refractivity contribution < 1.29 is 5.11 Å². The fourth-order valence-electron chi connectivity index (χ4n) is 1.09. The second-order valence-electron chi connectivity index (χ2n) is 2.60. The average Bonchev–Trinajstić information content (AvgIpc) is 2.56. The second kappa shape index (κ2) is 3.94. The van der Waals surface area contributed by atoms with Crippen molar-refractivity contribution in [2.24, 2.45) is 0 Å². The van der Waals surface area contributed by atoms with E-state index in [0.29, 0.717) is 5.75 Å². The molecule has 2 rings (SSSR count). The zero-order valence-corrected chi connectivity index (χ0v) is 8.13. The number of hydrogen-bond donors (Lipinski definition) is 2. The topological polar surface area (TPSA) is 48.9 Å². The first kappa shape index (κ1) is 9.58. The zero-order valence-electron chi connectivity index (χ0n) is 8.13. The van der Waals surface area contributed by atoms with Gasteiger partial charge in [-0.15, -0.1) is 0 Å². The van der Waals surface area contributed by atoms with E-state index in [1.165, 1.54) is 0 Å². The van der Waals surface area contributed by atoms with Gasteiger partial charge < -0.3 is 5.11 Å². The van der Waals surface area contributed by atoms with Crippen LogP contribution in [0.3, 0.4) is 0 Å². The van der Waals surface area contributed by atoms with Crippen LogP contribution >= 0.6 is 0 Å². The van der Waals surface area contributed by atoms with Gasteiger partial charge in [0.2, 0.25) is 0 Å². The quantitative estimate of drug-likeness (QED) is 0.651. The second-order valence-corrected chi connectivity index (χ2v) is 2.60. The Morgan fingerprint density at radius 2 is 2.00 bits per heavy atom. The Morgan fingerprint density at radius 1 is 1.31 bits per heavy atom. The fourth-order valence-corrected chi connectivity index (χ4v) is 1.09. The van der Waals surface area contributed by atoms with Crippen molar-refractivity contribution in [2.45, 2.75) is 20.8 Å². The number of benzene rings is 1. The van der Waals surface area contributed by atoms with Crippen molar-refractivity contribution >= 4 is 10.9 Å². The van der Waals surface area contributed by atoms with Crippen LogP contribution in [0.2, 0.25) is 0 Å². The maximum Gasteiger partial charge on any atom is 0.120 e. The molecule has 2 N–H and O–H groups in total. The van der Waals surface area contributed by atoms with E-state index in [2.05, 4.69) is 10.2 Å². The molecular weight excluding hydrogens is 164 g/mol. The summed E-state index contributed by atoms with van der Waals surface area (Å²) in [6.45, 7) is 5.86. The molecule has 2 aromatic rings. The highest BCUT2D eigenvalue weighted by molar-refractivity contribution is 5.80. The van der Waals surface area contributed by atoms with Crippen molar-refractivity contribution in [2.75, 3.05) is 0 Å².